The number of nitrogens with one attached hydrogen (secondary N) is 1. The number of nitrogens with zero attached hydrogens (tertiary/aromatic N) is 2. The second kappa shape index (κ2) is 5.93. The molecule has 0 saturated carbocycles. The molecular weight excluding hydrogens is 226 g/mol. The van der Waals surface area contributed by atoms with Gasteiger partial charge in [-0.1, -0.05) is 30.3 Å². The first kappa shape index (κ1) is 12.3. The molecule has 0 amide bonds. The van der Waals surface area contributed by atoms with Crippen molar-refractivity contribution in [1.29, 1.82) is 0 Å². The maximum atomic E-state index is 9.02. The summed E-state index contributed by atoms with van der Waals surface area (Å²) in [6, 6.07) is 7.60. The van der Waals surface area contributed by atoms with Gasteiger partial charge in [-0.05, 0) is 5.56 Å². The van der Waals surface area contributed by atoms with Gasteiger partial charge in [0.1, 0.15) is 5.69 Å². The van der Waals surface area contributed by atoms with Gasteiger partial charge in [0.2, 0.25) is 0 Å². The number of aromatic nitrogens is 2. The van der Waals surface area contributed by atoms with Crippen LogP contribution < -0.4 is 5.32 Å². The molecule has 4 nitrogen and oxygen atoms in total. The minimum atomic E-state index is 0.0440. The number of aliphatic hydroxyl groups is 1. The smallest absolute Gasteiger partial charge is 0.152 e. The SMILES string of the molecule is C=CCNc1nccnc1-c1ccc(CO)cc1. The highest BCUT2D eigenvalue weighted by Crippen LogP contribution is 2.23. The molecule has 0 aliphatic carbocycles. The maximum absolute atomic E-state index is 9.02. The molecular formula is C14H15N3O. The lowest BCUT2D eigenvalue weighted by Gasteiger charge is -2.08. The molecule has 0 saturated heterocycles. The molecule has 0 fully saturated rings. The highest BCUT2D eigenvalue weighted by atomic mass is 16.3. The standard InChI is InChI=1S/C14H15N3O/c1-2-7-16-14-13(15-8-9-17-14)12-5-3-11(10-18)4-6-12/h2-6,8-9,18H,1,7,10H2,(H,16,17). The molecule has 0 unspecified atom stereocenters. The summed E-state index contributed by atoms with van der Waals surface area (Å²) in [7, 11) is 0. The van der Waals surface area contributed by atoms with Crippen LogP contribution >= 0.6 is 0 Å². The minimum Gasteiger partial charge on any atom is -0.392 e. The summed E-state index contributed by atoms with van der Waals surface area (Å²) in [5, 5.41) is 12.2. The Morgan fingerprint density at radius 3 is 2.56 bits per heavy atom. The van der Waals surface area contributed by atoms with E-state index in [9.17, 15) is 0 Å². The van der Waals surface area contributed by atoms with Crippen LogP contribution in [0, 0.1) is 0 Å². The van der Waals surface area contributed by atoms with Crippen molar-refractivity contribution in [3.05, 3.63) is 54.9 Å². The molecule has 2 aromatic rings. The number of benzene rings is 1. The first-order valence-electron chi connectivity index (χ1n) is 5.71. The van der Waals surface area contributed by atoms with Gasteiger partial charge in [-0.3, -0.25) is 4.98 Å². The van der Waals surface area contributed by atoms with Crippen LogP contribution in [0.5, 0.6) is 0 Å². The van der Waals surface area contributed by atoms with Gasteiger partial charge in [0, 0.05) is 24.5 Å². The summed E-state index contributed by atoms with van der Waals surface area (Å²) >= 11 is 0. The minimum absolute atomic E-state index is 0.0440. The number of hydrogen-bond donors (Lipinski definition) is 2. The molecule has 0 aliphatic rings. The van der Waals surface area contributed by atoms with Crippen LogP contribution in [0.25, 0.3) is 11.3 Å². The summed E-state index contributed by atoms with van der Waals surface area (Å²) < 4.78 is 0. The molecule has 92 valence electrons. The van der Waals surface area contributed by atoms with Crippen molar-refractivity contribution in [2.45, 2.75) is 6.61 Å². The van der Waals surface area contributed by atoms with E-state index in [-0.39, 0.29) is 6.61 Å². The van der Waals surface area contributed by atoms with Crippen molar-refractivity contribution < 1.29 is 5.11 Å². The fraction of sp³-hybridized carbons (Fsp3) is 0.143. The average Bonchev–Trinajstić information content (AvgIpc) is 2.45. The highest BCUT2D eigenvalue weighted by molar-refractivity contribution is 5.71. The Bertz CT molecular complexity index is 523. The topological polar surface area (TPSA) is 58.0 Å². The number of rotatable bonds is 5. The van der Waals surface area contributed by atoms with E-state index in [4.69, 9.17) is 5.11 Å². The molecule has 1 aromatic carbocycles. The molecule has 4 heteroatoms. The molecule has 1 heterocycles. The van der Waals surface area contributed by atoms with Gasteiger partial charge in [0.25, 0.3) is 0 Å². The quantitative estimate of drug-likeness (QED) is 0.788. The predicted octanol–water partition coefficient (Wildman–Crippen LogP) is 2.23. The van der Waals surface area contributed by atoms with E-state index < -0.39 is 0 Å². The van der Waals surface area contributed by atoms with Gasteiger partial charge >= 0.3 is 0 Å². The Labute approximate surface area is 106 Å². The van der Waals surface area contributed by atoms with Gasteiger partial charge in [-0.2, -0.15) is 0 Å². The van der Waals surface area contributed by atoms with E-state index in [1.165, 1.54) is 0 Å². The van der Waals surface area contributed by atoms with Crippen molar-refractivity contribution in [2.75, 3.05) is 11.9 Å². The summed E-state index contributed by atoms with van der Waals surface area (Å²) in [6.07, 6.45) is 5.08. The Morgan fingerprint density at radius 1 is 1.17 bits per heavy atom. The second-order valence-corrected chi connectivity index (χ2v) is 3.78. The predicted molar refractivity (Wildman–Crippen MR) is 72.1 cm³/mol. The van der Waals surface area contributed by atoms with Crippen LogP contribution in [0.2, 0.25) is 0 Å². The molecule has 18 heavy (non-hydrogen) atoms. The summed E-state index contributed by atoms with van der Waals surface area (Å²) in [6.45, 7) is 4.35. The van der Waals surface area contributed by atoms with Crippen LogP contribution in [0.4, 0.5) is 5.82 Å². The molecule has 0 bridgehead atoms. The van der Waals surface area contributed by atoms with E-state index in [0.717, 1.165) is 22.6 Å². The normalized spacial score (nSPS) is 10.1. The summed E-state index contributed by atoms with van der Waals surface area (Å²) in [4.78, 5) is 8.60. The zero-order valence-corrected chi connectivity index (χ0v) is 10.0. The van der Waals surface area contributed by atoms with E-state index in [1.54, 1.807) is 18.5 Å². The molecule has 2 rings (SSSR count). The monoisotopic (exact) mass is 241 g/mol. The van der Waals surface area contributed by atoms with E-state index in [1.807, 2.05) is 24.3 Å². The van der Waals surface area contributed by atoms with Crippen LogP contribution in [0.3, 0.4) is 0 Å². The van der Waals surface area contributed by atoms with Crippen molar-refractivity contribution in [1.82, 2.24) is 9.97 Å². The Morgan fingerprint density at radius 2 is 1.89 bits per heavy atom. The molecule has 0 radical (unpaired) electrons. The van der Waals surface area contributed by atoms with Crippen molar-refractivity contribution in [3.63, 3.8) is 0 Å². The summed E-state index contributed by atoms with van der Waals surface area (Å²) in [5.41, 5.74) is 2.64. The third-order valence-corrected chi connectivity index (χ3v) is 2.52. The maximum Gasteiger partial charge on any atom is 0.152 e. The molecule has 0 aliphatic heterocycles. The van der Waals surface area contributed by atoms with Gasteiger partial charge in [0.15, 0.2) is 5.82 Å². The lowest BCUT2D eigenvalue weighted by molar-refractivity contribution is 0.282. The number of hydrogen-bond acceptors (Lipinski definition) is 4. The van der Waals surface area contributed by atoms with Gasteiger partial charge in [0.05, 0.1) is 6.61 Å². The Balaban J connectivity index is 2.33. The first-order valence-corrected chi connectivity index (χ1v) is 5.71. The lowest BCUT2D eigenvalue weighted by atomic mass is 10.1. The third-order valence-electron chi connectivity index (χ3n) is 2.52. The molecule has 1 aromatic heterocycles. The first-order chi connectivity index (χ1) is 8.85. The van der Waals surface area contributed by atoms with Gasteiger partial charge in [-0.25, -0.2) is 4.98 Å². The van der Waals surface area contributed by atoms with Crippen LogP contribution in [0.1, 0.15) is 5.56 Å². The summed E-state index contributed by atoms with van der Waals surface area (Å²) in [5.74, 6) is 0.731. The molecule has 2 N–H and O–H groups in total. The molecule has 0 spiro atoms. The third kappa shape index (κ3) is 2.73. The number of aliphatic hydroxyl groups excluding tert-OH is 1. The molecule has 0 atom stereocenters. The van der Waals surface area contributed by atoms with E-state index in [2.05, 4.69) is 21.9 Å². The average molecular weight is 241 g/mol. The van der Waals surface area contributed by atoms with E-state index >= 15 is 0 Å². The highest BCUT2D eigenvalue weighted by Gasteiger charge is 2.06. The van der Waals surface area contributed by atoms with E-state index in [0.29, 0.717) is 6.54 Å². The Kier molecular flexibility index (Phi) is 4.04. The number of anilines is 1. The van der Waals surface area contributed by atoms with Crippen molar-refractivity contribution >= 4 is 5.82 Å². The zero-order chi connectivity index (χ0) is 12.8. The van der Waals surface area contributed by atoms with Gasteiger partial charge in [-0.15, -0.1) is 6.58 Å². The second-order valence-electron chi connectivity index (χ2n) is 3.78. The van der Waals surface area contributed by atoms with Crippen molar-refractivity contribution in [2.24, 2.45) is 0 Å². The van der Waals surface area contributed by atoms with Crippen molar-refractivity contribution in [3.8, 4) is 11.3 Å². The fourth-order valence-electron chi connectivity index (χ4n) is 1.62. The zero-order valence-electron chi connectivity index (χ0n) is 10.0. The largest absolute Gasteiger partial charge is 0.392 e. The fourth-order valence-corrected chi connectivity index (χ4v) is 1.62. The lowest BCUT2D eigenvalue weighted by Crippen LogP contribution is -2.03. The van der Waals surface area contributed by atoms with Crippen LogP contribution in [0.15, 0.2) is 49.3 Å². The van der Waals surface area contributed by atoms with Crippen LogP contribution in [-0.4, -0.2) is 21.6 Å². The van der Waals surface area contributed by atoms with Crippen LogP contribution in [-0.2, 0) is 6.61 Å². The Hall–Kier alpha value is -2.20. The van der Waals surface area contributed by atoms with Gasteiger partial charge < -0.3 is 10.4 Å².